The van der Waals surface area contributed by atoms with Crippen LogP contribution < -0.4 is 10.0 Å². The van der Waals surface area contributed by atoms with Gasteiger partial charge in [0.05, 0.1) is 5.69 Å². The van der Waals surface area contributed by atoms with Crippen LogP contribution in [0.2, 0.25) is 0 Å². The third-order valence-electron chi connectivity index (χ3n) is 6.33. The number of nitrogens with two attached hydrogens (primary N) is 1. The molecule has 3 aromatic carbocycles. The lowest BCUT2D eigenvalue weighted by Gasteiger charge is -2.37. The summed E-state index contributed by atoms with van der Waals surface area (Å²) < 4.78 is 33.6. The first kappa shape index (κ1) is 28.3. The Morgan fingerprint density at radius 1 is 0.838 bits per heavy atom. The van der Waals surface area contributed by atoms with Crippen molar-refractivity contribution in [3.8, 4) is 0 Å². The molecule has 2 N–H and O–H groups in total. The minimum atomic E-state index is -4.61. The zero-order valence-corrected chi connectivity index (χ0v) is 23.6. The average Bonchev–Trinajstić information content (AvgIpc) is 2.78. The molecule has 0 atom stereocenters. The van der Waals surface area contributed by atoms with E-state index >= 15 is 0 Å². The van der Waals surface area contributed by atoms with Gasteiger partial charge in [-0.05, 0) is 40.0 Å². The molecule has 0 saturated carbocycles. The molecule has 0 saturated heterocycles. The average molecular weight is 523 g/mol. The summed E-state index contributed by atoms with van der Waals surface area (Å²) in [5.41, 5.74) is 9.54. The van der Waals surface area contributed by atoms with Gasteiger partial charge in [0.2, 0.25) is 0 Å². The van der Waals surface area contributed by atoms with E-state index in [0.717, 1.165) is 27.8 Å². The second-order valence-electron chi connectivity index (χ2n) is 11.5. The fourth-order valence-electron chi connectivity index (χ4n) is 4.57. The molecule has 3 rings (SSSR count). The van der Waals surface area contributed by atoms with Crippen molar-refractivity contribution in [3.05, 3.63) is 101 Å². The summed E-state index contributed by atoms with van der Waals surface area (Å²) >= 11 is 0. The Labute approximate surface area is 221 Å². The Morgan fingerprint density at radius 2 is 1.24 bits per heavy atom. The lowest BCUT2D eigenvalue weighted by atomic mass is 9.77. The topological polar surface area (TPSA) is 89.7 Å². The molecule has 1 amide bonds. The molecule has 0 spiro atoms. The van der Waals surface area contributed by atoms with Gasteiger partial charge >= 0.3 is 16.4 Å². The van der Waals surface area contributed by atoms with Crippen LogP contribution in [0.15, 0.2) is 72.8 Å². The van der Waals surface area contributed by atoms with Gasteiger partial charge in [0.15, 0.2) is 0 Å². The summed E-state index contributed by atoms with van der Waals surface area (Å²) in [4.78, 5) is 11.8. The third-order valence-corrected chi connectivity index (χ3v) is 7.58. The molecule has 0 aliphatic heterocycles. The maximum atomic E-state index is 13.8. The number of primary amides is 1. The van der Waals surface area contributed by atoms with Gasteiger partial charge in [0.1, 0.15) is 0 Å². The highest BCUT2D eigenvalue weighted by Gasteiger charge is 2.37. The maximum Gasteiger partial charge on any atom is 0.421 e. The van der Waals surface area contributed by atoms with Crippen molar-refractivity contribution in [2.24, 2.45) is 5.73 Å². The van der Waals surface area contributed by atoms with Crippen LogP contribution in [0.25, 0.3) is 0 Å². The van der Waals surface area contributed by atoms with Crippen LogP contribution in [0.1, 0.15) is 75.3 Å². The summed E-state index contributed by atoms with van der Waals surface area (Å²) in [5, 5.41) is 0. The third kappa shape index (κ3) is 6.72. The van der Waals surface area contributed by atoms with Crippen LogP contribution >= 0.6 is 0 Å². The number of aryl methyl sites for hydroxylation is 1. The van der Waals surface area contributed by atoms with Gasteiger partial charge in [-0.2, -0.15) is 8.42 Å². The van der Waals surface area contributed by atoms with E-state index in [1.165, 1.54) is 4.31 Å². The van der Waals surface area contributed by atoms with E-state index in [9.17, 15) is 13.2 Å². The highest BCUT2D eigenvalue weighted by atomic mass is 32.2. The van der Waals surface area contributed by atoms with E-state index in [1.807, 2.05) is 121 Å². The van der Waals surface area contributed by atoms with Gasteiger partial charge in [-0.25, -0.2) is 9.10 Å². The van der Waals surface area contributed by atoms with Crippen LogP contribution in [-0.4, -0.2) is 21.1 Å². The van der Waals surface area contributed by atoms with Crippen molar-refractivity contribution in [2.75, 3.05) is 10.8 Å². The summed E-state index contributed by atoms with van der Waals surface area (Å²) in [6.07, 6.45) is -1.37. The van der Waals surface area contributed by atoms with E-state index in [4.69, 9.17) is 9.92 Å². The Balaban J connectivity index is 2.38. The van der Waals surface area contributed by atoms with E-state index in [0.29, 0.717) is 5.69 Å². The predicted octanol–water partition coefficient (Wildman–Crippen LogP) is 6.57. The number of hydrogen-bond donors (Lipinski definition) is 1. The number of hydrogen-bond acceptors (Lipinski definition) is 4. The van der Waals surface area contributed by atoms with Crippen LogP contribution in [0.4, 0.5) is 10.5 Å². The Hall–Kier alpha value is -3.32. The van der Waals surface area contributed by atoms with Crippen molar-refractivity contribution >= 4 is 22.1 Å². The van der Waals surface area contributed by atoms with Crippen LogP contribution in [-0.2, 0) is 25.3 Å². The van der Waals surface area contributed by atoms with Gasteiger partial charge in [-0.3, -0.25) is 0 Å². The largest absolute Gasteiger partial charge is 0.421 e. The molecule has 37 heavy (non-hydrogen) atoms. The molecule has 0 aromatic heterocycles. The molecule has 0 aliphatic carbocycles. The van der Waals surface area contributed by atoms with Crippen molar-refractivity contribution in [3.63, 3.8) is 0 Å². The van der Waals surface area contributed by atoms with Crippen molar-refractivity contribution in [1.82, 2.24) is 0 Å². The van der Waals surface area contributed by atoms with E-state index in [1.54, 1.807) is 0 Å². The number of rotatable bonds is 7. The van der Waals surface area contributed by atoms with Crippen LogP contribution in [0.3, 0.4) is 0 Å². The standard InChI is InChI=1S/C30H38N2O4S/c1-21-18-25(29(2,3)4)27(26(19-21)30(5,6)7)32(37(34,35)36-28(31)33)20-24(22-14-10-8-11-15-22)23-16-12-9-13-17-23/h8-19,24H,20H2,1-7H3,(H2,31,33). The summed E-state index contributed by atoms with van der Waals surface area (Å²) in [6, 6.07) is 23.5. The van der Waals surface area contributed by atoms with Gasteiger partial charge in [0.25, 0.3) is 0 Å². The summed E-state index contributed by atoms with van der Waals surface area (Å²) in [6.45, 7) is 14.3. The van der Waals surface area contributed by atoms with Gasteiger partial charge in [-0.15, -0.1) is 0 Å². The quantitative estimate of drug-likeness (QED) is 0.380. The first-order valence-corrected chi connectivity index (χ1v) is 13.7. The van der Waals surface area contributed by atoms with Crippen LogP contribution in [0, 0.1) is 6.92 Å². The molecule has 0 aliphatic rings. The Kier molecular flexibility index (Phi) is 8.08. The number of carbonyl (C=O) groups excluding carboxylic acids is 1. The fraction of sp³-hybridized carbons (Fsp3) is 0.367. The first-order chi connectivity index (χ1) is 17.1. The molecule has 198 valence electrons. The number of anilines is 1. The van der Waals surface area contributed by atoms with Gasteiger partial charge in [0, 0.05) is 12.5 Å². The van der Waals surface area contributed by atoms with E-state index in [2.05, 4.69) is 0 Å². The molecule has 3 aromatic rings. The minimum absolute atomic E-state index is 0.0128. The highest BCUT2D eigenvalue weighted by Crippen LogP contribution is 2.43. The lowest BCUT2D eigenvalue weighted by molar-refractivity contribution is 0.212. The molecule has 6 nitrogen and oxygen atoms in total. The highest BCUT2D eigenvalue weighted by molar-refractivity contribution is 7.88. The zero-order chi connectivity index (χ0) is 27.6. The summed E-state index contributed by atoms with van der Waals surface area (Å²) in [7, 11) is -4.61. The molecule has 0 heterocycles. The van der Waals surface area contributed by atoms with Gasteiger partial charge in [-0.1, -0.05) is 120 Å². The number of nitrogens with zero attached hydrogens (tertiary/aromatic N) is 1. The van der Waals surface area contributed by atoms with E-state index < -0.39 is 27.2 Å². The smallest absolute Gasteiger partial charge is 0.334 e. The molecular formula is C30H38N2O4S. The van der Waals surface area contributed by atoms with Crippen LogP contribution in [0.5, 0.6) is 0 Å². The molecule has 0 fully saturated rings. The van der Waals surface area contributed by atoms with Crippen molar-refractivity contribution in [2.45, 2.75) is 65.2 Å². The zero-order valence-electron chi connectivity index (χ0n) is 22.8. The molecular weight excluding hydrogens is 484 g/mol. The van der Waals surface area contributed by atoms with Crippen molar-refractivity contribution < 1.29 is 17.4 Å². The molecule has 7 heteroatoms. The SMILES string of the molecule is Cc1cc(C(C)(C)C)c(N(CC(c2ccccc2)c2ccccc2)S(=O)(=O)OC(N)=O)c(C(C)(C)C)c1. The minimum Gasteiger partial charge on any atom is -0.334 e. The van der Waals surface area contributed by atoms with Crippen molar-refractivity contribution in [1.29, 1.82) is 0 Å². The second kappa shape index (κ2) is 10.6. The molecule has 0 radical (unpaired) electrons. The Morgan fingerprint density at radius 3 is 1.59 bits per heavy atom. The fourth-order valence-corrected chi connectivity index (χ4v) is 5.62. The predicted molar refractivity (Wildman–Crippen MR) is 150 cm³/mol. The monoisotopic (exact) mass is 522 g/mol. The summed E-state index contributed by atoms with van der Waals surface area (Å²) in [5.74, 6) is -0.337. The molecule has 0 unspecified atom stereocenters. The maximum absolute atomic E-state index is 13.8. The van der Waals surface area contributed by atoms with Gasteiger partial charge < -0.3 is 9.92 Å². The molecule has 0 bridgehead atoms. The number of amides is 1. The Bertz CT molecular complexity index is 1270. The number of carbonyl (C=O) groups is 1. The van der Waals surface area contributed by atoms with E-state index in [-0.39, 0.29) is 12.5 Å². The number of benzene rings is 3. The normalized spacial score (nSPS) is 12.4. The lowest BCUT2D eigenvalue weighted by Crippen LogP contribution is -2.41. The first-order valence-electron chi connectivity index (χ1n) is 12.4. The second-order valence-corrected chi connectivity index (χ2v) is 12.9.